The number of thiazole rings is 1. The van der Waals surface area contributed by atoms with E-state index in [2.05, 4.69) is 10.3 Å². The molecule has 0 saturated heterocycles. The highest BCUT2D eigenvalue weighted by Gasteiger charge is 2.19. The number of aromatic hydroxyl groups is 1. The fraction of sp³-hybridized carbons (Fsp3) is 0.111. The van der Waals surface area contributed by atoms with Crippen LogP contribution in [0.3, 0.4) is 0 Å². The second-order valence-electron chi connectivity index (χ2n) is 5.59. The monoisotopic (exact) mass is 338 g/mol. The molecule has 2 aromatic carbocycles. The maximum absolute atomic E-state index is 11.5. The third-order valence-corrected chi connectivity index (χ3v) is 4.68. The lowest BCUT2D eigenvalue weighted by Crippen LogP contribution is -2.25. The maximum Gasteiger partial charge on any atom is 0.262 e. The van der Waals surface area contributed by atoms with Gasteiger partial charge >= 0.3 is 0 Å². The molecule has 0 spiro atoms. The Hall–Kier alpha value is -2.86. The van der Waals surface area contributed by atoms with Gasteiger partial charge in [0.25, 0.3) is 5.91 Å². The first kappa shape index (κ1) is 14.7. The summed E-state index contributed by atoms with van der Waals surface area (Å²) < 4.78 is 5.49. The summed E-state index contributed by atoms with van der Waals surface area (Å²) in [4.78, 5) is 16.2. The minimum atomic E-state index is -0.155. The average Bonchev–Trinajstić information content (AvgIpc) is 3.04. The Morgan fingerprint density at radius 3 is 2.96 bits per heavy atom. The van der Waals surface area contributed by atoms with Crippen molar-refractivity contribution in [2.75, 3.05) is 11.9 Å². The Balaban J connectivity index is 1.74. The summed E-state index contributed by atoms with van der Waals surface area (Å²) >= 11 is 1.51. The van der Waals surface area contributed by atoms with Gasteiger partial charge in [0.2, 0.25) is 0 Å². The zero-order valence-electron chi connectivity index (χ0n) is 12.9. The molecule has 0 aliphatic carbocycles. The molecular weight excluding hydrogens is 324 g/mol. The first-order valence-corrected chi connectivity index (χ1v) is 8.31. The van der Waals surface area contributed by atoms with Gasteiger partial charge in [-0.15, -0.1) is 11.3 Å². The second kappa shape index (κ2) is 5.65. The zero-order chi connectivity index (χ0) is 16.7. The van der Waals surface area contributed by atoms with E-state index >= 15 is 0 Å². The van der Waals surface area contributed by atoms with E-state index in [0.29, 0.717) is 11.4 Å². The van der Waals surface area contributed by atoms with Crippen molar-refractivity contribution in [3.8, 4) is 33.3 Å². The van der Waals surface area contributed by atoms with E-state index in [-0.39, 0.29) is 18.3 Å². The van der Waals surface area contributed by atoms with Crippen molar-refractivity contribution in [2.45, 2.75) is 6.92 Å². The number of aromatic nitrogens is 1. The van der Waals surface area contributed by atoms with Gasteiger partial charge in [0.15, 0.2) is 6.61 Å². The number of ether oxygens (including phenoxy) is 1. The third kappa shape index (κ3) is 2.61. The molecule has 3 aromatic rings. The van der Waals surface area contributed by atoms with Crippen molar-refractivity contribution in [1.82, 2.24) is 4.98 Å². The fourth-order valence-electron chi connectivity index (χ4n) is 2.71. The number of rotatable bonds is 2. The van der Waals surface area contributed by atoms with E-state index in [4.69, 9.17) is 4.74 Å². The topological polar surface area (TPSA) is 71.5 Å². The van der Waals surface area contributed by atoms with Crippen molar-refractivity contribution in [1.29, 1.82) is 0 Å². The van der Waals surface area contributed by atoms with Gasteiger partial charge in [0, 0.05) is 16.5 Å². The van der Waals surface area contributed by atoms with Gasteiger partial charge in [0.05, 0.1) is 11.4 Å². The minimum absolute atomic E-state index is 0.0472. The van der Waals surface area contributed by atoms with Gasteiger partial charge in [-0.1, -0.05) is 12.1 Å². The summed E-state index contributed by atoms with van der Waals surface area (Å²) in [5.41, 5.74) is 4.24. The van der Waals surface area contributed by atoms with E-state index in [1.807, 2.05) is 30.5 Å². The van der Waals surface area contributed by atoms with Gasteiger partial charge in [-0.05, 0) is 36.8 Å². The van der Waals surface area contributed by atoms with E-state index in [9.17, 15) is 9.90 Å². The van der Waals surface area contributed by atoms with Crippen LogP contribution in [0.4, 0.5) is 5.69 Å². The summed E-state index contributed by atoms with van der Waals surface area (Å²) in [7, 11) is 0. The number of amides is 1. The molecule has 1 aliphatic rings. The number of carbonyl (C=O) groups is 1. The van der Waals surface area contributed by atoms with Crippen LogP contribution in [0.15, 0.2) is 41.8 Å². The zero-order valence-corrected chi connectivity index (χ0v) is 13.7. The molecule has 1 amide bonds. The molecule has 0 atom stereocenters. The summed E-state index contributed by atoms with van der Waals surface area (Å²) in [5.74, 6) is 0.772. The summed E-state index contributed by atoms with van der Waals surface area (Å²) in [6.07, 6.45) is 0. The lowest BCUT2D eigenvalue weighted by molar-refractivity contribution is -0.118. The number of aryl methyl sites for hydroxylation is 1. The number of nitrogens with one attached hydrogen (secondary N) is 1. The van der Waals surface area contributed by atoms with Gasteiger partial charge in [-0.2, -0.15) is 0 Å². The van der Waals surface area contributed by atoms with Crippen LogP contribution in [0.1, 0.15) is 5.56 Å². The van der Waals surface area contributed by atoms with Crippen LogP contribution >= 0.6 is 11.3 Å². The molecule has 2 N–H and O–H groups in total. The number of benzene rings is 2. The molecule has 4 rings (SSSR count). The van der Waals surface area contributed by atoms with Crippen molar-refractivity contribution in [2.24, 2.45) is 0 Å². The van der Waals surface area contributed by atoms with E-state index in [0.717, 1.165) is 27.4 Å². The van der Waals surface area contributed by atoms with Gasteiger partial charge in [-0.3, -0.25) is 4.79 Å². The van der Waals surface area contributed by atoms with Crippen molar-refractivity contribution >= 4 is 22.9 Å². The van der Waals surface area contributed by atoms with Crippen LogP contribution in [0.25, 0.3) is 21.8 Å². The first-order valence-electron chi connectivity index (χ1n) is 7.43. The molecule has 0 bridgehead atoms. The Kier molecular flexibility index (Phi) is 3.46. The number of anilines is 1. The summed E-state index contributed by atoms with van der Waals surface area (Å²) in [6.45, 7) is 1.99. The molecule has 24 heavy (non-hydrogen) atoms. The van der Waals surface area contributed by atoms with Crippen LogP contribution in [-0.4, -0.2) is 22.6 Å². The molecule has 1 aliphatic heterocycles. The molecule has 5 nitrogen and oxygen atoms in total. The first-order chi connectivity index (χ1) is 11.6. The van der Waals surface area contributed by atoms with Crippen LogP contribution in [0.2, 0.25) is 0 Å². The van der Waals surface area contributed by atoms with E-state index < -0.39 is 0 Å². The number of nitrogens with zero attached hydrogens (tertiary/aromatic N) is 1. The van der Waals surface area contributed by atoms with Crippen LogP contribution in [-0.2, 0) is 4.79 Å². The van der Waals surface area contributed by atoms with E-state index in [1.165, 1.54) is 11.3 Å². The number of carbonyl (C=O) groups excluding carboxylic acids is 1. The van der Waals surface area contributed by atoms with E-state index in [1.54, 1.807) is 18.2 Å². The quantitative estimate of drug-likeness (QED) is 0.745. The fourth-order valence-corrected chi connectivity index (χ4v) is 3.53. The molecule has 0 radical (unpaired) electrons. The molecule has 0 saturated carbocycles. The van der Waals surface area contributed by atoms with Crippen LogP contribution < -0.4 is 10.1 Å². The highest BCUT2D eigenvalue weighted by atomic mass is 32.1. The average molecular weight is 338 g/mol. The number of fused-ring (bicyclic) bond motifs is 1. The molecule has 6 heteroatoms. The van der Waals surface area contributed by atoms with Crippen molar-refractivity contribution in [3.05, 3.63) is 47.3 Å². The summed E-state index contributed by atoms with van der Waals surface area (Å²) in [5, 5.41) is 15.2. The minimum Gasteiger partial charge on any atom is -0.508 e. The second-order valence-corrected chi connectivity index (χ2v) is 6.45. The lowest BCUT2D eigenvalue weighted by Gasteiger charge is -2.20. The van der Waals surface area contributed by atoms with Gasteiger partial charge in [-0.25, -0.2) is 4.98 Å². The third-order valence-electron chi connectivity index (χ3n) is 3.79. The smallest absolute Gasteiger partial charge is 0.262 e. The molecular formula is C18H14N2O3S. The molecule has 0 fully saturated rings. The number of phenols is 1. The Labute approximate surface area is 142 Å². The molecule has 1 aromatic heterocycles. The number of hydrogen-bond acceptors (Lipinski definition) is 5. The SMILES string of the molecule is Cc1cc(-c2csc(-c3cccc(O)c3)n2)cc2c1OCC(=O)N2. The molecule has 0 unspecified atom stereocenters. The molecule has 120 valence electrons. The molecule has 2 heterocycles. The number of hydrogen-bond donors (Lipinski definition) is 2. The Morgan fingerprint density at radius 2 is 2.12 bits per heavy atom. The standard InChI is InChI=1S/C18H14N2O3S/c1-10-5-12(7-14-17(10)23-8-16(22)19-14)15-9-24-18(20-15)11-3-2-4-13(21)6-11/h2-7,9,21H,8H2,1H3,(H,19,22). The van der Waals surface area contributed by atoms with Crippen molar-refractivity contribution < 1.29 is 14.6 Å². The highest BCUT2D eigenvalue weighted by Crippen LogP contribution is 2.37. The Bertz CT molecular complexity index is 949. The predicted octanol–water partition coefficient (Wildman–Crippen LogP) is 3.82. The predicted molar refractivity (Wildman–Crippen MR) is 93.5 cm³/mol. The Morgan fingerprint density at radius 1 is 1.25 bits per heavy atom. The lowest BCUT2D eigenvalue weighted by atomic mass is 10.1. The summed E-state index contributed by atoms with van der Waals surface area (Å²) in [6, 6.07) is 10.9. The van der Waals surface area contributed by atoms with Crippen LogP contribution in [0, 0.1) is 6.92 Å². The van der Waals surface area contributed by atoms with Crippen molar-refractivity contribution in [3.63, 3.8) is 0 Å². The van der Waals surface area contributed by atoms with Crippen LogP contribution in [0.5, 0.6) is 11.5 Å². The highest BCUT2D eigenvalue weighted by molar-refractivity contribution is 7.13. The van der Waals surface area contributed by atoms with Gasteiger partial charge < -0.3 is 15.2 Å². The van der Waals surface area contributed by atoms with Gasteiger partial charge in [0.1, 0.15) is 16.5 Å². The largest absolute Gasteiger partial charge is 0.508 e. The maximum atomic E-state index is 11.5. The number of phenolic OH excluding ortho intramolecular Hbond substituents is 1. The normalized spacial score (nSPS) is 13.1.